The van der Waals surface area contributed by atoms with Crippen LogP contribution in [0.2, 0.25) is 0 Å². The Morgan fingerprint density at radius 1 is 0.760 bits per heavy atom. The highest BCUT2D eigenvalue weighted by molar-refractivity contribution is 5.90. The Bertz CT molecular complexity index is 1590. The lowest BCUT2D eigenvalue weighted by Crippen LogP contribution is -2.60. The minimum Gasteiger partial charge on any atom is -0.571 e. The lowest BCUT2D eigenvalue weighted by molar-refractivity contribution is -0.296. The lowest BCUT2D eigenvalue weighted by Gasteiger charge is -2.41. The number of aromatic hydroxyl groups is 5. The molecule has 274 valence electrons. The Morgan fingerprint density at radius 2 is 1.34 bits per heavy atom. The van der Waals surface area contributed by atoms with Gasteiger partial charge in [0.2, 0.25) is 12.6 Å². The van der Waals surface area contributed by atoms with Crippen molar-refractivity contribution < 1.29 is 99.3 Å². The molecule has 1 unspecified atom stereocenters. The van der Waals surface area contributed by atoms with Gasteiger partial charge in [-0.25, -0.2) is 0 Å². The first-order chi connectivity index (χ1) is 23.6. The Labute approximate surface area is 280 Å². The van der Waals surface area contributed by atoms with Crippen molar-refractivity contribution in [3.63, 3.8) is 0 Å². The highest BCUT2D eigenvalue weighted by atomic mass is 16.7. The Balaban J connectivity index is 1.52. The lowest BCUT2D eigenvalue weighted by atomic mass is 9.98. The van der Waals surface area contributed by atoms with Gasteiger partial charge in [-0.3, -0.25) is 9.59 Å². The van der Waals surface area contributed by atoms with Crippen molar-refractivity contribution in [2.75, 3.05) is 13.2 Å². The molecule has 13 N–H and O–H groups in total. The van der Waals surface area contributed by atoms with Gasteiger partial charge in [0.05, 0.1) is 18.2 Å². The van der Waals surface area contributed by atoms with Crippen LogP contribution in [-0.2, 0) is 28.5 Å². The summed E-state index contributed by atoms with van der Waals surface area (Å²) in [6.07, 6.45) is -18.9. The van der Waals surface area contributed by atoms with Gasteiger partial charge in [0.25, 0.3) is 11.9 Å². The monoisotopic (exact) mass is 715 g/mol. The van der Waals surface area contributed by atoms with Crippen molar-refractivity contribution in [1.29, 1.82) is 0 Å². The molecule has 3 aliphatic heterocycles. The molecule has 5 rings (SSSR count). The number of benzene rings is 2. The minimum absolute atomic E-state index is 0.0109. The number of carboxylic acid groups (broad SMARTS) is 1. The van der Waals surface area contributed by atoms with E-state index in [0.29, 0.717) is 0 Å². The molecule has 11 atom stereocenters. The quantitative estimate of drug-likeness (QED) is 0.0500. The molecule has 0 aliphatic carbocycles. The first kappa shape index (κ1) is 36.6. The molecule has 0 saturated carbocycles. The Kier molecular flexibility index (Phi) is 10.8. The van der Waals surface area contributed by atoms with Gasteiger partial charge in [0.15, 0.2) is 23.0 Å². The molecule has 50 heavy (non-hydrogen) atoms. The van der Waals surface area contributed by atoms with Crippen LogP contribution < -0.4 is 4.74 Å². The van der Waals surface area contributed by atoms with Gasteiger partial charge in [0.1, 0.15) is 78.9 Å². The van der Waals surface area contributed by atoms with Crippen LogP contribution in [0.1, 0.15) is 23.7 Å². The molecule has 3 aliphatic rings. The predicted molar refractivity (Wildman–Crippen MR) is 157 cm³/mol. The van der Waals surface area contributed by atoms with Crippen molar-refractivity contribution in [1.82, 2.24) is 0 Å². The summed E-state index contributed by atoms with van der Waals surface area (Å²) >= 11 is 0. The fraction of sp³-hybridized carbons (Fsp3) is 0.467. The Morgan fingerprint density at radius 3 is 1.94 bits per heavy atom. The molecule has 2 fully saturated rings. The molecule has 0 spiro atoms. The van der Waals surface area contributed by atoms with Gasteiger partial charge >= 0.3 is 11.9 Å². The highest BCUT2D eigenvalue weighted by Gasteiger charge is 2.48. The number of esters is 1. The summed E-state index contributed by atoms with van der Waals surface area (Å²) < 4.78 is 32.0. The molecule has 2 aromatic rings. The van der Waals surface area contributed by atoms with Crippen molar-refractivity contribution in [3.8, 4) is 34.5 Å². The predicted octanol–water partition coefficient (Wildman–Crippen LogP) is -3.13. The Hall–Kier alpha value is -4.64. The molecule has 2 aromatic carbocycles. The van der Waals surface area contributed by atoms with Gasteiger partial charge in [-0.05, 0) is 12.1 Å². The molecule has 2 saturated heterocycles. The van der Waals surface area contributed by atoms with Crippen LogP contribution in [0, 0.1) is 0 Å². The number of phenols is 4. The van der Waals surface area contributed by atoms with Gasteiger partial charge in [-0.15, -0.1) is 0 Å². The summed E-state index contributed by atoms with van der Waals surface area (Å²) in [5, 5.41) is 122. The van der Waals surface area contributed by atoms with Crippen LogP contribution in [0.4, 0.5) is 0 Å². The van der Waals surface area contributed by atoms with Crippen molar-refractivity contribution in [2.24, 2.45) is 0 Å². The zero-order valence-corrected chi connectivity index (χ0v) is 25.5. The zero-order valence-electron chi connectivity index (χ0n) is 25.5. The van der Waals surface area contributed by atoms with E-state index in [4.69, 9.17) is 28.8 Å². The summed E-state index contributed by atoms with van der Waals surface area (Å²) in [5.41, 5.74) is -0.0530. The SMILES string of the molecule is O=C(O)CC(=O)OC[C@H]1O[C@@H](OC2=Cc3c(O[C@@H]4O[C@H](CO)[C@@H](O)[C@H](O)[C@H]4O)cc(O)cc3[OH+]C2c2cc(O)c(O)c(O)c2)[C@@H](O)[C@@H](O)[C@@H]1O. The largest absolute Gasteiger partial charge is 0.571 e. The first-order valence-electron chi connectivity index (χ1n) is 14.8. The molecular weight excluding hydrogens is 680 g/mol. The second-order valence-corrected chi connectivity index (χ2v) is 11.6. The maximum absolute atomic E-state index is 11.8. The van der Waals surface area contributed by atoms with E-state index >= 15 is 0 Å². The molecule has 0 radical (unpaired) electrons. The third kappa shape index (κ3) is 7.43. The topological polar surface area (TPSA) is 336 Å². The molecule has 20 heteroatoms. The normalized spacial score (nSPS) is 32.2. The number of rotatable bonds is 10. The second-order valence-electron chi connectivity index (χ2n) is 11.6. The van der Waals surface area contributed by atoms with Crippen molar-refractivity contribution in [3.05, 3.63) is 41.2 Å². The molecule has 0 bridgehead atoms. The van der Waals surface area contributed by atoms with Gasteiger partial charge in [-0.2, -0.15) is 0 Å². The number of hydrogen-bond acceptors (Lipinski definition) is 18. The van der Waals surface area contributed by atoms with Crippen LogP contribution in [0.3, 0.4) is 0 Å². The van der Waals surface area contributed by atoms with E-state index in [1.165, 1.54) is 6.08 Å². The number of carbonyl (C=O) groups is 2. The molecular formula is C30H35O20+. The average molecular weight is 716 g/mol. The number of ether oxygens (including phenoxy) is 6. The standard InChI is InChI=1S/C30H34O20/c31-7-17-22(39)24(41)26(43)29(49-17)47-15-4-10(32)3-14-11(15)5-16(28(46-14)9-1-12(33)21(38)13(34)2-9)48-30-27(44)25(42)23(40)18(50-30)8-45-20(37)6-19(35)36/h1-5,17-18,22-34,38-44H,6-8H2,(H,35,36)/p+1/t17-,18-,22-,23-,24+,25+,26-,27+,28?,29-,30-/m1/s1. The van der Waals surface area contributed by atoms with E-state index in [9.17, 15) is 65.8 Å². The van der Waals surface area contributed by atoms with Crippen LogP contribution in [0.5, 0.6) is 34.5 Å². The number of aliphatic hydroxyl groups excluding tert-OH is 7. The molecule has 20 nitrogen and oxygen atoms in total. The van der Waals surface area contributed by atoms with E-state index in [-0.39, 0.29) is 28.4 Å². The van der Waals surface area contributed by atoms with Crippen LogP contribution in [0.15, 0.2) is 30.0 Å². The summed E-state index contributed by atoms with van der Waals surface area (Å²) in [6, 6.07) is 4.21. The maximum Gasteiger partial charge on any atom is 0.317 e. The van der Waals surface area contributed by atoms with E-state index in [1.54, 1.807) is 0 Å². The summed E-state index contributed by atoms with van der Waals surface area (Å²) in [6.45, 7) is -1.54. The third-order valence-electron chi connectivity index (χ3n) is 8.05. The van der Waals surface area contributed by atoms with Crippen molar-refractivity contribution in [2.45, 2.75) is 73.9 Å². The maximum atomic E-state index is 11.8. The number of fused-ring (bicyclic) bond motifs is 1. The number of phenolic OH excluding ortho intramolecular Hbond substituents is 4. The smallest absolute Gasteiger partial charge is 0.317 e. The molecule has 0 amide bonds. The third-order valence-corrected chi connectivity index (χ3v) is 8.05. The van der Waals surface area contributed by atoms with E-state index in [1.807, 2.05) is 0 Å². The number of aliphatic carboxylic acids is 1. The fourth-order valence-electron chi connectivity index (χ4n) is 5.42. The van der Waals surface area contributed by atoms with Crippen LogP contribution in [-0.4, -0.2) is 153 Å². The van der Waals surface area contributed by atoms with Crippen LogP contribution in [0.25, 0.3) is 6.08 Å². The second kappa shape index (κ2) is 14.7. The number of carboxylic acids is 1. The zero-order chi connectivity index (χ0) is 36.6. The van der Waals surface area contributed by atoms with Gasteiger partial charge < -0.3 is 89.7 Å². The summed E-state index contributed by atoms with van der Waals surface area (Å²) in [7, 11) is 0. The van der Waals surface area contributed by atoms with Gasteiger partial charge in [-0.1, -0.05) is 0 Å². The first-order valence-corrected chi connectivity index (χ1v) is 14.8. The van der Waals surface area contributed by atoms with E-state index < -0.39 is 122 Å². The molecule has 0 aromatic heterocycles. The average Bonchev–Trinajstić information content (AvgIpc) is 3.06. The fourth-order valence-corrected chi connectivity index (χ4v) is 5.42. The summed E-state index contributed by atoms with van der Waals surface area (Å²) in [5.74, 6) is -6.16. The molecule has 3 heterocycles. The van der Waals surface area contributed by atoms with Crippen molar-refractivity contribution >= 4 is 18.0 Å². The minimum atomic E-state index is -1.98. The van der Waals surface area contributed by atoms with E-state index in [0.717, 1.165) is 24.3 Å². The van der Waals surface area contributed by atoms with Crippen LogP contribution >= 0.6 is 0 Å². The van der Waals surface area contributed by atoms with E-state index in [2.05, 4.69) is 4.74 Å². The number of hydrogen-bond donors (Lipinski definition) is 12. The highest BCUT2D eigenvalue weighted by Crippen LogP contribution is 2.48. The van der Waals surface area contributed by atoms with Gasteiger partial charge in [0, 0.05) is 12.1 Å². The number of carbonyl (C=O) groups excluding carboxylic acids is 1. The summed E-state index contributed by atoms with van der Waals surface area (Å²) in [4.78, 5) is 22.6. The number of aliphatic hydroxyl groups is 8.